The molecule has 0 unspecified atom stereocenters. The number of hydrogen-bond donors (Lipinski definition) is 0. The third-order valence-corrected chi connectivity index (χ3v) is 5.85. The van der Waals surface area contributed by atoms with Gasteiger partial charge in [-0.2, -0.15) is 0 Å². The summed E-state index contributed by atoms with van der Waals surface area (Å²) in [5.41, 5.74) is 6.49. The molecule has 0 aliphatic heterocycles. The maximum Gasteiger partial charge on any atom is 0.309 e. The molecule has 0 aromatic heterocycles. The van der Waals surface area contributed by atoms with Crippen LogP contribution in [0.25, 0.3) is 0 Å². The van der Waals surface area contributed by atoms with Crippen LogP contribution >= 0.6 is 0 Å². The third kappa shape index (κ3) is 6.94. The van der Waals surface area contributed by atoms with Gasteiger partial charge in [0.2, 0.25) is 0 Å². The molecule has 0 saturated carbocycles. The Morgan fingerprint density at radius 3 is 1.69 bits per heavy atom. The van der Waals surface area contributed by atoms with Gasteiger partial charge in [0, 0.05) is 5.92 Å². The van der Waals surface area contributed by atoms with Gasteiger partial charge in [0.05, 0.1) is 12.3 Å². The quantitative estimate of drug-likeness (QED) is 0.473. The summed E-state index contributed by atoms with van der Waals surface area (Å²) in [5.74, 6) is -1.46. The first-order chi connectivity index (χ1) is 14.8. The number of rotatable bonds is 7. The first-order valence-corrected chi connectivity index (χ1v) is 11.3. The minimum atomic E-state index is -0.578. The summed E-state index contributed by atoms with van der Waals surface area (Å²) in [6.45, 7) is 17.4. The summed E-state index contributed by atoms with van der Waals surface area (Å²) < 4.78 is 11.3. The van der Waals surface area contributed by atoms with Crippen LogP contribution in [0.3, 0.4) is 0 Å². The van der Waals surface area contributed by atoms with E-state index in [1.165, 1.54) is 22.3 Å². The fourth-order valence-electron chi connectivity index (χ4n) is 3.73. The topological polar surface area (TPSA) is 52.6 Å². The molecule has 0 saturated heterocycles. The first-order valence-electron chi connectivity index (χ1n) is 11.3. The molecule has 0 N–H and O–H groups in total. The lowest BCUT2D eigenvalue weighted by molar-refractivity contribution is -0.163. The molecule has 2 aromatic carbocycles. The van der Waals surface area contributed by atoms with E-state index in [-0.39, 0.29) is 18.3 Å². The van der Waals surface area contributed by atoms with Crippen molar-refractivity contribution in [2.45, 2.75) is 86.4 Å². The zero-order chi connectivity index (χ0) is 24.2. The monoisotopic (exact) mass is 438 g/mol. The molecule has 174 valence electrons. The minimum Gasteiger partial charge on any atom is -0.461 e. The number of hydrogen-bond acceptors (Lipinski definition) is 4. The van der Waals surface area contributed by atoms with Crippen molar-refractivity contribution >= 4 is 11.9 Å². The van der Waals surface area contributed by atoms with E-state index in [2.05, 4.69) is 64.1 Å². The fraction of sp³-hybridized carbons (Fsp3) is 0.500. The third-order valence-electron chi connectivity index (χ3n) is 5.85. The lowest BCUT2D eigenvalue weighted by atomic mass is 9.84. The van der Waals surface area contributed by atoms with Crippen molar-refractivity contribution < 1.29 is 19.1 Å². The highest BCUT2D eigenvalue weighted by atomic mass is 16.6. The van der Waals surface area contributed by atoms with Crippen molar-refractivity contribution in [3.8, 4) is 0 Å². The molecule has 0 fully saturated rings. The summed E-state index contributed by atoms with van der Waals surface area (Å²) in [5, 5.41) is 0. The fourth-order valence-corrected chi connectivity index (χ4v) is 3.73. The van der Waals surface area contributed by atoms with Gasteiger partial charge in [-0.15, -0.1) is 0 Å². The number of carbonyl (C=O) groups excluding carboxylic acids is 2. The number of esters is 2. The summed E-state index contributed by atoms with van der Waals surface area (Å²) in [6, 6.07) is 12.8. The van der Waals surface area contributed by atoms with E-state index >= 15 is 0 Å². The highest BCUT2D eigenvalue weighted by molar-refractivity contribution is 5.80. The molecule has 0 aliphatic rings. The lowest BCUT2D eigenvalue weighted by Gasteiger charge is -2.27. The van der Waals surface area contributed by atoms with Crippen LogP contribution in [0.1, 0.15) is 80.3 Å². The van der Waals surface area contributed by atoms with E-state index in [0.29, 0.717) is 0 Å². The van der Waals surface area contributed by atoms with Gasteiger partial charge in [-0.3, -0.25) is 9.59 Å². The van der Waals surface area contributed by atoms with Crippen LogP contribution in [0.2, 0.25) is 0 Å². The molecule has 0 amide bonds. The van der Waals surface area contributed by atoms with Crippen molar-refractivity contribution in [1.29, 1.82) is 0 Å². The average Bonchev–Trinajstić information content (AvgIpc) is 2.66. The molecule has 0 spiro atoms. The summed E-state index contributed by atoms with van der Waals surface area (Å²) in [6.07, 6.45) is -0.395. The van der Waals surface area contributed by atoms with Crippen molar-refractivity contribution in [3.05, 3.63) is 69.8 Å². The van der Waals surface area contributed by atoms with Crippen LogP contribution in [0.5, 0.6) is 0 Å². The average molecular weight is 439 g/mol. The second-order valence-corrected chi connectivity index (χ2v) is 10.00. The second-order valence-electron chi connectivity index (χ2n) is 10.00. The standard InChI is InChI=1S/C28H38O4/c1-17-10-12-23(14-19(17)3)26(24-13-11-18(2)20(4)15-24)22(6)31-27(30)21(5)16-25(29)32-28(7,8)9/h10-15,21-22,26H,16H2,1-9H3/t21-,22+/m1/s1. The Morgan fingerprint density at radius 1 is 0.812 bits per heavy atom. The van der Waals surface area contributed by atoms with Crippen LogP contribution in [-0.4, -0.2) is 23.6 Å². The van der Waals surface area contributed by atoms with Crippen LogP contribution < -0.4 is 0 Å². The van der Waals surface area contributed by atoms with Gasteiger partial charge in [0.1, 0.15) is 11.7 Å². The van der Waals surface area contributed by atoms with E-state index in [1.54, 1.807) is 6.92 Å². The van der Waals surface area contributed by atoms with E-state index in [1.807, 2.05) is 27.7 Å². The number of carbonyl (C=O) groups is 2. The summed E-state index contributed by atoms with van der Waals surface area (Å²) in [7, 11) is 0. The van der Waals surface area contributed by atoms with Crippen molar-refractivity contribution in [2.75, 3.05) is 0 Å². The Kier molecular flexibility index (Phi) is 8.28. The predicted molar refractivity (Wildman–Crippen MR) is 129 cm³/mol. The molecular formula is C28H38O4. The van der Waals surface area contributed by atoms with Gasteiger partial charge in [-0.25, -0.2) is 0 Å². The largest absolute Gasteiger partial charge is 0.461 e. The molecular weight excluding hydrogens is 400 g/mol. The Hall–Kier alpha value is -2.62. The molecule has 4 heteroatoms. The van der Waals surface area contributed by atoms with Gasteiger partial charge < -0.3 is 9.47 Å². The van der Waals surface area contributed by atoms with Crippen LogP contribution in [0.4, 0.5) is 0 Å². The summed E-state index contributed by atoms with van der Waals surface area (Å²) >= 11 is 0. The Labute approximate surface area is 193 Å². The number of benzene rings is 2. The van der Waals surface area contributed by atoms with Gasteiger partial charge in [-0.05, 0) is 88.8 Å². The van der Waals surface area contributed by atoms with Gasteiger partial charge >= 0.3 is 11.9 Å². The van der Waals surface area contributed by atoms with Crippen molar-refractivity contribution in [2.24, 2.45) is 5.92 Å². The van der Waals surface area contributed by atoms with Gasteiger partial charge in [-0.1, -0.05) is 43.3 Å². The van der Waals surface area contributed by atoms with Crippen molar-refractivity contribution in [3.63, 3.8) is 0 Å². The van der Waals surface area contributed by atoms with E-state index in [4.69, 9.17) is 9.47 Å². The van der Waals surface area contributed by atoms with E-state index < -0.39 is 23.6 Å². The smallest absolute Gasteiger partial charge is 0.309 e. The number of ether oxygens (including phenoxy) is 2. The number of aryl methyl sites for hydroxylation is 4. The molecule has 0 radical (unpaired) electrons. The lowest BCUT2D eigenvalue weighted by Crippen LogP contribution is -2.30. The maximum absolute atomic E-state index is 12.8. The van der Waals surface area contributed by atoms with Crippen LogP contribution in [0, 0.1) is 33.6 Å². The highest BCUT2D eigenvalue weighted by Crippen LogP contribution is 2.32. The molecule has 2 aromatic rings. The SMILES string of the molecule is Cc1ccc(C(c2ccc(C)c(C)c2)[C@H](C)OC(=O)[C@H](C)CC(=O)OC(C)(C)C)cc1C. The Balaban J connectivity index is 2.27. The van der Waals surface area contributed by atoms with Gasteiger partial charge in [0.25, 0.3) is 0 Å². The van der Waals surface area contributed by atoms with E-state index in [0.717, 1.165) is 11.1 Å². The molecule has 0 bridgehead atoms. The maximum atomic E-state index is 12.8. The first kappa shape index (κ1) is 25.6. The van der Waals surface area contributed by atoms with Crippen LogP contribution in [0.15, 0.2) is 36.4 Å². The Morgan fingerprint density at radius 2 is 1.28 bits per heavy atom. The molecule has 2 atom stereocenters. The molecule has 0 heterocycles. The molecule has 2 rings (SSSR count). The minimum absolute atomic E-state index is 0.000764. The van der Waals surface area contributed by atoms with Crippen molar-refractivity contribution in [1.82, 2.24) is 0 Å². The zero-order valence-corrected chi connectivity index (χ0v) is 21.0. The highest BCUT2D eigenvalue weighted by Gasteiger charge is 2.29. The molecule has 32 heavy (non-hydrogen) atoms. The predicted octanol–water partition coefficient (Wildman–Crippen LogP) is 6.35. The van der Waals surface area contributed by atoms with Gasteiger partial charge in [0.15, 0.2) is 0 Å². The second kappa shape index (κ2) is 10.3. The molecule has 4 nitrogen and oxygen atoms in total. The Bertz CT molecular complexity index is 916. The molecule has 0 aliphatic carbocycles. The normalized spacial score (nSPS) is 13.6. The van der Waals surface area contributed by atoms with Crippen LogP contribution in [-0.2, 0) is 19.1 Å². The van der Waals surface area contributed by atoms with E-state index in [9.17, 15) is 9.59 Å². The zero-order valence-electron chi connectivity index (χ0n) is 21.0. The summed E-state index contributed by atoms with van der Waals surface area (Å²) in [4.78, 5) is 25.0.